The van der Waals surface area contributed by atoms with Crippen LogP contribution in [0.4, 0.5) is 4.79 Å². The van der Waals surface area contributed by atoms with Crippen molar-refractivity contribution in [2.24, 2.45) is 0 Å². The van der Waals surface area contributed by atoms with Gasteiger partial charge in [0.2, 0.25) is 0 Å². The van der Waals surface area contributed by atoms with E-state index in [9.17, 15) is 9.59 Å². The highest BCUT2D eigenvalue weighted by Crippen LogP contribution is 1.94. The first kappa shape index (κ1) is 14.4. The van der Waals surface area contributed by atoms with Gasteiger partial charge in [-0.2, -0.15) is 0 Å². The van der Waals surface area contributed by atoms with Gasteiger partial charge in [-0.05, 0) is 20.3 Å². The largest absolute Gasteiger partial charge is 0.480 e. The van der Waals surface area contributed by atoms with Gasteiger partial charge in [0.05, 0.1) is 6.10 Å². The minimum Gasteiger partial charge on any atom is -0.480 e. The van der Waals surface area contributed by atoms with Crippen molar-refractivity contribution in [2.45, 2.75) is 38.5 Å². The lowest BCUT2D eigenvalue weighted by Gasteiger charge is -2.19. The number of hydrogen-bond donors (Lipinski definition) is 4. The Morgan fingerprint density at radius 1 is 1.38 bits per heavy atom. The molecule has 4 N–H and O–H groups in total. The van der Waals surface area contributed by atoms with E-state index in [0.717, 1.165) is 0 Å². The number of aliphatic carboxylic acids is 1. The Morgan fingerprint density at radius 2 is 1.94 bits per heavy atom. The van der Waals surface area contributed by atoms with E-state index in [-0.39, 0.29) is 6.04 Å². The summed E-state index contributed by atoms with van der Waals surface area (Å²) in [5.41, 5.74) is 0. The fourth-order valence-electron chi connectivity index (χ4n) is 1.10. The van der Waals surface area contributed by atoms with Crippen LogP contribution in [-0.4, -0.2) is 40.4 Å². The van der Waals surface area contributed by atoms with Crippen molar-refractivity contribution in [2.75, 3.05) is 0 Å². The van der Waals surface area contributed by atoms with Gasteiger partial charge in [-0.15, -0.1) is 6.58 Å². The summed E-state index contributed by atoms with van der Waals surface area (Å²) >= 11 is 0. The Morgan fingerprint density at radius 3 is 2.31 bits per heavy atom. The lowest BCUT2D eigenvalue weighted by molar-refractivity contribution is -0.141. The second-order valence-corrected chi connectivity index (χ2v) is 3.60. The summed E-state index contributed by atoms with van der Waals surface area (Å²) in [6.45, 7) is 6.58. The third-order valence-electron chi connectivity index (χ3n) is 1.93. The number of hydrogen-bond acceptors (Lipinski definition) is 3. The van der Waals surface area contributed by atoms with Crippen molar-refractivity contribution in [1.29, 1.82) is 0 Å². The maximum atomic E-state index is 11.3. The molecule has 2 amide bonds. The molecule has 0 aromatic rings. The highest BCUT2D eigenvalue weighted by atomic mass is 16.4. The first-order chi connectivity index (χ1) is 7.38. The van der Waals surface area contributed by atoms with Gasteiger partial charge in [-0.25, -0.2) is 9.59 Å². The number of carboxylic acids is 1. The van der Waals surface area contributed by atoms with Gasteiger partial charge >= 0.3 is 12.0 Å². The normalized spacial score (nSPS) is 15.7. The van der Waals surface area contributed by atoms with Gasteiger partial charge in [-0.1, -0.05) is 6.08 Å². The number of amides is 2. The molecule has 0 fully saturated rings. The molecule has 0 aliphatic carbocycles. The van der Waals surface area contributed by atoms with Crippen molar-refractivity contribution < 1.29 is 19.8 Å². The summed E-state index contributed by atoms with van der Waals surface area (Å²) < 4.78 is 0. The Hall–Kier alpha value is -1.56. The van der Waals surface area contributed by atoms with Crippen LogP contribution in [0.1, 0.15) is 20.3 Å². The SMILES string of the molecule is C=CCC(C)NC(=O)N[C@H](C(=O)O)[C@@H](C)O. The molecule has 0 saturated carbocycles. The highest BCUT2D eigenvalue weighted by molar-refractivity contribution is 5.83. The molecule has 0 aliphatic heterocycles. The van der Waals surface area contributed by atoms with Gasteiger partial charge in [0.1, 0.15) is 0 Å². The number of aliphatic hydroxyl groups excluding tert-OH is 1. The maximum Gasteiger partial charge on any atom is 0.328 e. The Labute approximate surface area is 94.3 Å². The van der Waals surface area contributed by atoms with E-state index in [1.165, 1.54) is 6.92 Å². The zero-order valence-corrected chi connectivity index (χ0v) is 9.43. The topological polar surface area (TPSA) is 98.7 Å². The first-order valence-electron chi connectivity index (χ1n) is 4.97. The van der Waals surface area contributed by atoms with Gasteiger partial charge in [-0.3, -0.25) is 0 Å². The molecular formula is C10H18N2O4. The van der Waals surface area contributed by atoms with Crippen molar-refractivity contribution in [1.82, 2.24) is 10.6 Å². The van der Waals surface area contributed by atoms with Crippen LogP contribution >= 0.6 is 0 Å². The second-order valence-electron chi connectivity index (χ2n) is 3.60. The van der Waals surface area contributed by atoms with Crippen LogP contribution in [-0.2, 0) is 4.79 Å². The van der Waals surface area contributed by atoms with Crippen LogP contribution in [0.3, 0.4) is 0 Å². The van der Waals surface area contributed by atoms with Crippen LogP contribution < -0.4 is 10.6 Å². The minimum absolute atomic E-state index is 0.138. The number of carboxylic acid groups (broad SMARTS) is 1. The van der Waals surface area contributed by atoms with E-state index in [2.05, 4.69) is 17.2 Å². The molecule has 0 rings (SSSR count). The molecular weight excluding hydrogens is 212 g/mol. The molecule has 0 radical (unpaired) electrons. The minimum atomic E-state index is -1.31. The molecule has 0 bridgehead atoms. The standard InChI is InChI=1S/C10H18N2O4/c1-4-5-6(2)11-10(16)12-8(7(3)13)9(14)15/h4,6-8,13H,1,5H2,2-3H3,(H,14,15)(H2,11,12,16)/t6?,7-,8+/m1/s1. The lowest BCUT2D eigenvalue weighted by atomic mass is 10.2. The van der Waals surface area contributed by atoms with Crippen LogP contribution in [0.15, 0.2) is 12.7 Å². The third-order valence-corrected chi connectivity index (χ3v) is 1.93. The van der Waals surface area contributed by atoms with Crippen molar-refractivity contribution in [3.8, 4) is 0 Å². The number of rotatable bonds is 6. The van der Waals surface area contributed by atoms with Gasteiger partial charge in [0.25, 0.3) is 0 Å². The summed E-state index contributed by atoms with van der Waals surface area (Å²) in [6.07, 6.45) is 1.08. The predicted molar refractivity (Wildman–Crippen MR) is 59.0 cm³/mol. The van der Waals surface area contributed by atoms with Gasteiger partial charge in [0.15, 0.2) is 6.04 Å². The van der Waals surface area contributed by atoms with Crippen LogP contribution in [0.2, 0.25) is 0 Å². The maximum absolute atomic E-state index is 11.3. The summed E-state index contributed by atoms with van der Waals surface area (Å²) in [6, 6.07) is -2.07. The number of nitrogens with one attached hydrogen (secondary N) is 2. The van der Waals surface area contributed by atoms with E-state index in [1.807, 2.05) is 0 Å². The zero-order chi connectivity index (χ0) is 12.7. The summed E-state index contributed by atoms with van der Waals surface area (Å²) in [5.74, 6) is -1.28. The number of carbonyl (C=O) groups excluding carboxylic acids is 1. The lowest BCUT2D eigenvalue weighted by Crippen LogP contribution is -2.52. The number of carbonyl (C=O) groups is 2. The van der Waals surface area contributed by atoms with Crippen molar-refractivity contribution in [3.63, 3.8) is 0 Å². The van der Waals surface area contributed by atoms with Gasteiger partial charge in [0, 0.05) is 6.04 Å². The van der Waals surface area contributed by atoms with E-state index in [1.54, 1.807) is 13.0 Å². The smallest absolute Gasteiger partial charge is 0.328 e. The van der Waals surface area contributed by atoms with E-state index < -0.39 is 24.1 Å². The van der Waals surface area contributed by atoms with Crippen molar-refractivity contribution >= 4 is 12.0 Å². The molecule has 0 aromatic heterocycles. The fraction of sp³-hybridized carbons (Fsp3) is 0.600. The molecule has 0 aliphatic rings. The average Bonchev–Trinajstić information content (AvgIpc) is 2.13. The zero-order valence-electron chi connectivity index (χ0n) is 9.43. The van der Waals surface area contributed by atoms with E-state index in [4.69, 9.17) is 10.2 Å². The average molecular weight is 230 g/mol. The monoisotopic (exact) mass is 230 g/mol. The molecule has 6 nitrogen and oxygen atoms in total. The highest BCUT2D eigenvalue weighted by Gasteiger charge is 2.25. The Bertz CT molecular complexity index is 266. The van der Waals surface area contributed by atoms with E-state index >= 15 is 0 Å². The Balaban J connectivity index is 4.20. The third kappa shape index (κ3) is 5.35. The molecule has 0 spiro atoms. The molecule has 3 atom stereocenters. The predicted octanol–water partition coefficient (Wildman–Crippen LogP) is 0.0842. The molecule has 1 unspecified atom stereocenters. The van der Waals surface area contributed by atoms with Gasteiger partial charge < -0.3 is 20.8 Å². The molecule has 0 saturated heterocycles. The van der Waals surface area contributed by atoms with Crippen LogP contribution in [0, 0.1) is 0 Å². The summed E-state index contributed by atoms with van der Waals surface area (Å²) in [7, 11) is 0. The summed E-state index contributed by atoms with van der Waals surface area (Å²) in [5, 5.41) is 22.5. The van der Waals surface area contributed by atoms with Crippen LogP contribution in [0.5, 0.6) is 0 Å². The summed E-state index contributed by atoms with van der Waals surface area (Å²) in [4.78, 5) is 22.0. The molecule has 0 aromatic carbocycles. The fourth-order valence-corrected chi connectivity index (χ4v) is 1.10. The molecule has 92 valence electrons. The van der Waals surface area contributed by atoms with E-state index in [0.29, 0.717) is 6.42 Å². The molecule has 16 heavy (non-hydrogen) atoms. The first-order valence-corrected chi connectivity index (χ1v) is 4.97. The second kappa shape index (κ2) is 6.84. The van der Waals surface area contributed by atoms with Crippen LogP contribution in [0.25, 0.3) is 0 Å². The Kier molecular flexibility index (Phi) is 6.17. The molecule has 0 heterocycles. The quantitative estimate of drug-likeness (QED) is 0.486. The van der Waals surface area contributed by atoms with Crippen molar-refractivity contribution in [3.05, 3.63) is 12.7 Å². The number of urea groups is 1. The number of aliphatic hydroxyl groups is 1. The molecule has 6 heteroatoms.